The average Bonchev–Trinajstić information content (AvgIpc) is 3.15. The molecule has 1 aromatic carbocycles. The van der Waals surface area contributed by atoms with Crippen LogP contribution in [0.25, 0.3) is 0 Å². The summed E-state index contributed by atoms with van der Waals surface area (Å²) in [6, 6.07) is 12.0. The number of amides is 2. The number of H-pyrrole nitrogens is 1. The first-order valence-corrected chi connectivity index (χ1v) is 8.39. The fourth-order valence-electron chi connectivity index (χ4n) is 3.10. The van der Waals surface area contributed by atoms with Crippen molar-refractivity contribution in [3.63, 3.8) is 0 Å². The van der Waals surface area contributed by atoms with Gasteiger partial charge in [0.25, 0.3) is 5.91 Å². The van der Waals surface area contributed by atoms with Gasteiger partial charge in [-0.2, -0.15) is 0 Å². The van der Waals surface area contributed by atoms with E-state index in [1.165, 1.54) is 5.56 Å². The Bertz CT molecular complexity index is 708. The standard InChI is InChI=1S/C19H23N3O2/c1-14-10-17(20-12-14)19(24)21-16-11-18(23)22(13-16)9-5-8-15-6-3-2-4-7-15/h2-4,6-7,10,12,16,20H,5,8-9,11,13H2,1H3,(H,21,24)/t16-/m0/s1. The molecule has 0 radical (unpaired) electrons. The van der Waals surface area contributed by atoms with Crippen molar-refractivity contribution in [2.75, 3.05) is 13.1 Å². The SMILES string of the molecule is Cc1c[nH]c(C(=O)N[C@H]2CC(=O)N(CCCc3ccccc3)C2)c1. The van der Waals surface area contributed by atoms with Crippen molar-refractivity contribution in [2.24, 2.45) is 0 Å². The molecule has 1 atom stereocenters. The Labute approximate surface area is 142 Å². The Hall–Kier alpha value is -2.56. The van der Waals surface area contributed by atoms with Gasteiger partial charge in [-0.3, -0.25) is 9.59 Å². The van der Waals surface area contributed by atoms with Crippen LogP contribution in [0.5, 0.6) is 0 Å². The Morgan fingerprint density at radius 2 is 2.12 bits per heavy atom. The molecule has 2 N–H and O–H groups in total. The third kappa shape index (κ3) is 4.04. The van der Waals surface area contributed by atoms with E-state index in [2.05, 4.69) is 22.4 Å². The summed E-state index contributed by atoms with van der Waals surface area (Å²) in [5, 5.41) is 2.94. The fourth-order valence-corrected chi connectivity index (χ4v) is 3.10. The van der Waals surface area contributed by atoms with Crippen LogP contribution < -0.4 is 5.32 Å². The van der Waals surface area contributed by atoms with Gasteiger partial charge in [0, 0.05) is 25.7 Å². The summed E-state index contributed by atoms with van der Waals surface area (Å²) in [4.78, 5) is 29.1. The maximum absolute atomic E-state index is 12.2. The summed E-state index contributed by atoms with van der Waals surface area (Å²) in [5.74, 6) is -0.0249. The van der Waals surface area contributed by atoms with Crippen molar-refractivity contribution in [3.8, 4) is 0 Å². The summed E-state index contributed by atoms with van der Waals surface area (Å²) in [5.41, 5.74) is 2.85. The van der Waals surface area contributed by atoms with E-state index in [-0.39, 0.29) is 17.9 Å². The molecule has 0 bridgehead atoms. The van der Waals surface area contributed by atoms with Crippen LogP contribution in [0.3, 0.4) is 0 Å². The lowest BCUT2D eigenvalue weighted by molar-refractivity contribution is -0.127. The minimum atomic E-state index is -0.146. The number of carbonyl (C=O) groups is 2. The van der Waals surface area contributed by atoms with Crippen LogP contribution in [0.1, 0.15) is 34.5 Å². The number of rotatable bonds is 6. The zero-order chi connectivity index (χ0) is 16.9. The normalized spacial score (nSPS) is 17.3. The predicted molar refractivity (Wildman–Crippen MR) is 92.7 cm³/mol. The molecule has 3 rings (SSSR count). The van der Waals surface area contributed by atoms with E-state index in [1.807, 2.05) is 36.1 Å². The zero-order valence-corrected chi connectivity index (χ0v) is 13.9. The second kappa shape index (κ2) is 7.34. The van der Waals surface area contributed by atoms with Crippen LogP contribution in [-0.2, 0) is 11.2 Å². The lowest BCUT2D eigenvalue weighted by atomic mass is 10.1. The van der Waals surface area contributed by atoms with Crippen molar-refractivity contribution >= 4 is 11.8 Å². The van der Waals surface area contributed by atoms with Crippen molar-refractivity contribution in [1.82, 2.24) is 15.2 Å². The molecular formula is C19H23N3O2. The van der Waals surface area contributed by atoms with Gasteiger partial charge < -0.3 is 15.2 Å². The maximum atomic E-state index is 12.2. The first kappa shape index (κ1) is 16.3. The van der Waals surface area contributed by atoms with Crippen LogP contribution in [0.2, 0.25) is 0 Å². The van der Waals surface area contributed by atoms with E-state index in [9.17, 15) is 9.59 Å². The van der Waals surface area contributed by atoms with E-state index < -0.39 is 0 Å². The highest BCUT2D eigenvalue weighted by Gasteiger charge is 2.30. The maximum Gasteiger partial charge on any atom is 0.267 e. The van der Waals surface area contributed by atoms with Gasteiger partial charge in [-0.1, -0.05) is 30.3 Å². The third-order valence-electron chi connectivity index (χ3n) is 4.36. The molecule has 2 aromatic rings. The number of benzene rings is 1. The summed E-state index contributed by atoms with van der Waals surface area (Å²) in [7, 11) is 0. The molecule has 2 heterocycles. The van der Waals surface area contributed by atoms with Gasteiger partial charge in [-0.25, -0.2) is 0 Å². The van der Waals surface area contributed by atoms with Crippen molar-refractivity contribution in [3.05, 3.63) is 59.4 Å². The van der Waals surface area contributed by atoms with E-state index in [4.69, 9.17) is 0 Å². The number of nitrogens with one attached hydrogen (secondary N) is 2. The molecule has 1 aliphatic heterocycles. The number of nitrogens with zero attached hydrogens (tertiary/aromatic N) is 1. The smallest absolute Gasteiger partial charge is 0.267 e. The van der Waals surface area contributed by atoms with Gasteiger partial charge in [-0.05, 0) is 37.0 Å². The molecule has 2 amide bonds. The highest BCUT2D eigenvalue weighted by Crippen LogP contribution is 2.14. The third-order valence-corrected chi connectivity index (χ3v) is 4.36. The number of aromatic nitrogens is 1. The molecule has 1 saturated heterocycles. The van der Waals surface area contributed by atoms with Gasteiger partial charge in [0.15, 0.2) is 0 Å². The molecule has 0 saturated carbocycles. The molecule has 24 heavy (non-hydrogen) atoms. The highest BCUT2D eigenvalue weighted by molar-refractivity contribution is 5.93. The highest BCUT2D eigenvalue weighted by atomic mass is 16.2. The number of aromatic amines is 1. The van der Waals surface area contributed by atoms with Crippen molar-refractivity contribution < 1.29 is 9.59 Å². The van der Waals surface area contributed by atoms with Gasteiger partial charge in [-0.15, -0.1) is 0 Å². The Morgan fingerprint density at radius 1 is 1.33 bits per heavy atom. The van der Waals surface area contributed by atoms with Gasteiger partial charge in [0.1, 0.15) is 5.69 Å². The summed E-state index contributed by atoms with van der Waals surface area (Å²) in [6.45, 7) is 3.27. The summed E-state index contributed by atoms with van der Waals surface area (Å²) in [6.07, 6.45) is 4.08. The second-order valence-corrected chi connectivity index (χ2v) is 6.39. The summed E-state index contributed by atoms with van der Waals surface area (Å²) >= 11 is 0. The second-order valence-electron chi connectivity index (χ2n) is 6.39. The van der Waals surface area contributed by atoms with E-state index in [0.717, 1.165) is 24.9 Å². The van der Waals surface area contributed by atoms with Crippen LogP contribution in [-0.4, -0.2) is 40.8 Å². The summed E-state index contributed by atoms with van der Waals surface area (Å²) < 4.78 is 0. The number of likely N-dealkylation sites (tertiary alicyclic amines) is 1. The molecule has 1 aromatic heterocycles. The minimum absolute atomic E-state index is 0.106. The topological polar surface area (TPSA) is 65.2 Å². The number of carbonyl (C=O) groups excluding carboxylic acids is 2. The van der Waals surface area contributed by atoms with Crippen LogP contribution in [0.4, 0.5) is 0 Å². The van der Waals surface area contributed by atoms with E-state index in [0.29, 0.717) is 18.7 Å². The molecule has 126 valence electrons. The average molecular weight is 325 g/mol. The van der Waals surface area contributed by atoms with Crippen molar-refractivity contribution in [1.29, 1.82) is 0 Å². The van der Waals surface area contributed by atoms with Crippen LogP contribution >= 0.6 is 0 Å². The zero-order valence-electron chi connectivity index (χ0n) is 13.9. The van der Waals surface area contributed by atoms with Gasteiger partial charge in [0.2, 0.25) is 5.91 Å². The van der Waals surface area contributed by atoms with Gasteiger partial charge in [0.05, 0.1) is 6.04 Å². The Balaban J connectivity index is 1.46. The molecule has 5 heteroatoms. The molecular weight excluding hydrogens is 302 g/mol. The molecule has 5 nitrogen and oxygen atoms in total. The monoisotopic (exact) mass is 325 g/mol. The van der Waals surface area contributed by atoms with Gasteiger partial charge >= 0.3 is 0 Å². The van der Waals surface area contributed by atoms with Crippen LogP contribution in [0, 0.1) is 6.92 Å². The Morgan fingerprint density at radius 3 is 2.83 bits per heavy atom. The van der Waals surface area contributed by atoms with Crippen molar-refractivity contribution in [2.45, 2.75) is 32.2 Å². The molecule has 0 aliphatic carbocycles. The van der Waals surface area contributed by atoms with Crippen LogP contribution in [0.15, 0.2) is 42.6 Å². The molecule has 1 aliphatic rings. The number of aryl methyl sites for hydroxylation is 2. The molecule has 0 unspecified atom stereocenters. The predicted octanol–water partition coefficient (Wildman–Crippen LogP) is 2.29. The lowest BCUT2D eigenvalue weighted by Crippen LogP contribution is -2.37. The number of hydrogen-bond acceptors (Lipinski definition) is 2. The van der Waals surface area contributed by atoms with E-state index in [1.54, 1.807) is 6.20 Å². The first-order chi connectivity index (χ1) is 11.6. The lowest BCUT2D eigenvalue weighted by Gasteiger charge is -2.17. The quantitative estimate of drug-likeness (QED) is 0.856. The minimum Gasteiger partial charge on any atom is -0.357 e. The molecule has 0 spiro atoms. The largest absolute Gasteiger partial charge is 0.357 e. The van der Waals surface area contributed by atoms with E-state index >= 15 is 0 Å². The Kier molecular flexibility index (Phi) is 4.99. The molecule has 1 fully saturated rings. The first-order valence-electron chi connectivity index (χ1n) is 8.39. The fraction of sp³-hybridized carbons (Fsp3) is 0.368. The number of hydrogen-bond donors (Lipinski definition) is 2.